The average Bonchev–Trinajstić information content (AvgIpc) is 3.40. The Morgan fingerprint density at radius 2 is 1.63 bits per heavy atom. The summed E-state index contributed by atoms with van der Waals surface area (Å²) in [5.41, 5.74) is 3.38. The Morgan fingerprint density at radius 3 is 2.35 bits per heavy atom. The van der Waals surface area contributed by atoms with Crippen molar-refractivity contribution < 1.29 is 19.0 Å². The Bertz CT molecular complexity index is 1510. The number of hydrogen-bond donors (Lipinski definition) is 1. The Hall–Kier alpha value is -4.04. The van der Waals surface area contributed by atoms with Gasteiger partial charge in [-0.1, -0.05) is 69.7 Å². The summed E-state index contributed by atoms with van der Waals surface area (Å²) in [6.07, 6.45) is 3.03. The number of ether oxygens (including phenoxy) is 3. The highest BCUT2D eigenvalue weighted by Crippen LogP contribution is 2.29. The number of hydrogen-bond acceptors (Lipinski definition) is 6. The third-order valence-corrected chi connectivity index (χ3v) is 7.86. The Morgan fingerprint density at radius 1 is 0.891 bits per heavy atom. The van der Waals surface area contributed by atoms with Crippen LogP contribution in [0.4, 0.5) is 4.79 Å². The number of carbonyl (C=O) groups excluding carboxylic acids is 1. The molecule has 0 aliphatic carbocycles. The lowest BCUT2D eigenvalue weighted by Gasteiger charge is -2.24. The molecule has 0 saturated heterocycles. The van der Waals surface area contributed by atoms with Crippen LogP contribution in [0.1, 0.15) is 83.8 Å². The standard InChI is InChI=1S/C38H52N4O4/c1-7-10-23-42-35-27-32(44-24-15-22-41(8-2)9-3)20-21-33(35)39-36(42)34(40-37(43)46-38(4,5)6)26-30-18-14-19-31(25-30)45-28-29-16-12-11-13-17-29/h11-14,16-21,25,27,34H,7-10,15,22-24,26,28H2,1-6H3,(H,40,43). The molecule has 46 heavy (non-hydrogen) atoms. The molecule has 0 saturated carbocycles. The minimum Gasteiger partial charge on any atom is -0.493 e. The number of nitrogens with one attached hydrogen (secondary N) is 1. The zero-order chi connectivity index (χ0) is 32.9. The number of benzene rings is 3. The first kappa shape index (κ1) is 34.8. The van der Waals surface area contributed by atoms with Crippen LogP contribution in [0, 0.1) is 0 Å². The minimum absolute atomic E-state index is 0.429. The fourth-order valence-corrected chi connectivity index (χ4v) is 5.44. The summed E-state index contributed by atoms with van der Waals surface area (Å²) in [5.74, 6) is 2.40. The van der Waals surface area contributed by atoms with E-state index in [0.717, 1.165) is 84.9 Å². The molecule has 1 N–H and O–H groups in total. The second kappa shape index (κ2) is 17.0. The quantitative estimate of drug-likeness (QED) is 0.119. The van der Waals surface area contributed by atoms with Gasteiger partial charge in [-0.15, -0.1) is 0 Å². The van der Waals surface area contributed by atoms with Gasteiger partial charge >= 0.3 is 6.09 Å². The maximum absolute atomic E-state index is 13.2. The summed E-state index contributed by atoms with van der Waals surface area (Å²) in [6, 6.07) is 23.8. The van der Waals surface area contributed by atoms with Crippen LogP contribution >= 0.6 is 0 Å². The molecule has 4 aromatic rings. The topological polar surface area (TPSA) is 77.8 Å². The van der Waals surface area contributed by atoms with Gasteiger partial charge in [-0.3, -0.25) is 0 Å². The molecule has 1 amide bonds. The average molecular weight is 629 g/mol. The second-order valence-electron chi connectivity index (χ2n) is 12.7. The number of imidazole rings is 1. The predicted molar refractivity (Wildman–Crippen MR) is 186 cm³/mol. The van der Waals surface area contributed by atoms with Gasteiger partial charge in [0.25, 0.3) is 0 Å². The predicted octanol–water partition coefficient (Wildman–Crippen LogP) is 8.33. The minimum atomic E-state index is -0.625. The number of nitrogens with zero attached hydrogens (tertiary/aromatic N) is 3. The van der Waals surface area contributed by atoms with Crippen molar-refractivity contribution in [2.45, 2.75) is 92.0 Å². The van der Waals surface area contributed by atoms with Crippen molar-refractivity contribution in [1.82, 2.24) is 19.8 Å². The molecule has 1 atom stereocenters. The fourth-order valence-electron chi connectivity index (χ4n) is 5.44. The molecule has 8 heteroatoms. The molecule has 8 nitrogen and oxygen atoms in total. The third kappa shape index (κ3) is 10.5. The van der Waals surface area contributed by atoms with Crippen LogP contribution in [0.15, 0.2) is 72.8 Å². The fraction of sp³-hybridized carbons (Fsp3) is 0.474. The highest BCUT2D eigenvalue weighted by atomic mass is 16.6. The first-order chi connectivity index (χ1) is 22.2. The van der Waals surface area contributed by atoms with Gasteiger partial charge in [0.05, 0.1) is 23.7 Å². The van der Waals surface area contributed by atoms with Crippen LogP contribution < -0.4 is 14.8 Å². The lowest BCUT2D eigenvalue weighted by atomic mass is 10.0. The molecule has 0 spiro atoms. The summed E-state index contributed by atoms with van der Waals surface area (Å²) < 4.78 is 20.3. The smallest absolute Gasteiger partial charge is 0.408 e. The number of aryl methyl sites for hydroxylation is 1. The molecule has 0 fully saturated rings. The molecule has 1 unspecified atom stereocenters. The zero-order valence-corrected chi connectivity index (χ0v) is 28.6. The van der Waals surface area contributed by atoms with Crippen LogP contribution in [0.2, 0.25) is 0 Å². The lowest BCUT2D eigenvalue weighted by molar-refractivity contribution is 0.0500. The van der Waals surface area contributed by atoms with Crippen molar-refractivity contribution in [2.24, 2.45) is 0 Å². The number of aromatic nitrogens is 2. The summed E-state index contributed by atoms with van der Waals surface area (Å²) in [6.45, 7) is 17.2. The van der Waals surface area contributed by atoms with Crippen molar-refractivity contribution in [3.05, 3.63) is 89.7 Å². The number of alkyl carbamates (subject to hydrolysis) is 1. The van der Waals surface area contributed by atoms with E-state index in [9.17, 15) is 4.79 Å². The van der Waals surface area contributed by atoms with Crippen LogP contribution in [0.3, 0.4) is 0 Å². The summed E-state index contributed by atoms with van der Waals surface area (Å²) >= 11 is 0. The molecule has 1 aromatic heterocycles. The SMILES string of the molecule is CCCCn1c(C(Cc2cccc(OCc3ccccc3)c2)NC(=O)OC(C)(C)C)nc2ccc(OCCCN(CC)CC)cc21. The third-order valence-electron chi connectivity index (χ3n) is 7.86. The molecule has 248 valence electrons. The van der Waals surface area contributed by atoms with Gasteiger partial charge in [0.1, 0.15) is 29.5 Å². The normalized spacial score (nSPS) is 12.3. The van der Waals surface area contributed by atoms with Crippen molar-refractivity contribution in [2.75, 3.05) is 26.2 Å². The van der Waals surface area contributed by atoms with E-state index in [1.807, 2.05) is 81.4 Å². The molecular weight excluding hydrogens is 576 g/mol. The molecule has 0 radical (unpaired) electrons. The lowest BCUT2D eigenvalue weighted by Crippen LogP contribution is -2.37. The van der Waals surface area contributed by atoms with Gasteiger partial charge in [0.2, 0.25) is 0 Å². The van der Waals surface area contributed by atoms with E-state index < -0.39 is 17.7 Å². The summed E-state index contributed by atoms with van der Waals surface area (Å²) in [5, 5.41) is 3.15. The molecule has 0 aliphatic rings. The van der Waals surface area contributed by atoms with E-state index in [1.165, 1.54) is 0 Å². The molecule has 0 aliphatic heterocycles. The summed E-state index contributed by atoms with van der Waals surface area (Å²) in [7, 11) is 0. The van der Waals surface area contributed by atoms with Gasteiger partial charge in [0.15, 0.2) is 0 Å². The van der Waals surface area contributed by atoms with Crippen molar-refractivity contribution in [3.8, 4) is 11.5 Å². The van der Waals surface area contributed by atoms with E-state index in [-0.39, 0.29) is 0 Å². The van der Waals surface area contributed by atoms with Crippen molar-refractivity contribution in [3.63, 3.8) is 0 Å². The number of amides is 1. The largest absolute Gasteiger partial charge is 0.493 e. The maximum Gasteiger partial charge on any atom is 0.408 e. The van der Waals surface area contributed by atoms with Gasteiger partial charge in [-0.05, 0) is 82.1 Å². The van der Waals surface area contributed by atoms with E-state index in [2.05, 4.69) is 47.7 Å². The van der Waals surface area contributed by atoms with Gasteiger partial charge in [-0.25, -0.2) is 9.78 Å². The maximum atomic E-state index is 13.2. The van der Waals surface area contributed by atoms with E-state index in [4.69, 9.17) is 19.2 Å². The first-order valence-electron chi connectivity index (χ1n) is 16.8. The molecular formula is C38H52N4O4. The number of carbonyl (C=O) groups is 1. The van der Waals surface area contributed by atoms with E-state index >= 15 is 0 Å². The van der Waals surface area contributed by atoms with Gasteiger partial charge in [0, 0.05) is 25.6 Å². The van der Waals surface area contributed by atoms with E-state index in [1.54, 1.807) is 0 Å². The first-order valence-corrected chi connectivity index (χ1v) is 16.8. The molecule has 4 rings (SSSR count). The van der Waals surface area contributed by atoms with Crippen LogP contribution in [-0.2, 0) is 24.3 Å². The highest BCUT2D eigenvalue weighted by Gasteiger charge is 2.26. The summed E-state index contributed by atoms with van der Waals surface area (Å²) in [4.78, 5) is 20.7. The molecule has 1 heterocycles. The molecule has 0 bridgehead atoms. The number of fused-ring (bicyclic) bond motifs is 1. The number of rotatable bonds is 17. The Labute approximate surface area is 275 Å². The monoisotopic (exact) mass is 628 g/mol. The van der Waals surface area contributed by atoms with Crippen LogP contribution in [0.25, 0.3) is 11.0 Å². The Kier molecular flexibility index (Phi) is 12.9. The van der Waals surface area contributed by atoms with Crippen LogP contribution in [-0.4, -0.2) is 52.4 Å². The number of unbranched alkanes of at least 4 members (excludes halogenated alkanes) is 1. The second-order valence-corrected chi connectivity index (χ2v) is 12.7. The Balaban J connectivity index is 1.61. The van der Waals surface area contributed by atoms with Crippen molar-refractivity contribution in [1.29, 1.82) is 0 Å². The van der Waals surface area contributed by atoms with Crippen molar-refractivity contribution >= 4 is 17.1 Å². The van der Waals surface area contributed by atoms with Crippen LogP contribution in [0.5, 0.6) is 11.5 Å². The van der Waals surface area contributed by atoms with Gasteiger partial charge < -0.3 is 29.0 Å². The molecule has 3 aromatic carbocycles. The zero-order valence-electron chi connectivity index (χ0n) is 28.6. The van der Waals surface area contributed by atoms with Gasteiger partial charge in [-0.2, -0.15) is 0 Å². The van der Waals surface area contributed by atoms with E-state index in [0.29, 0.717) is 19.6 Å². The highest BCUT2D eigenvalue weighted by molar-refractivity contribution is 5.78.